The first kappa shape index (κ1) is 55.8. The van der Waals surface area contributed by atoms with Gasteiger partial charge in [0.1, 0.15) is 36.3 Å². The van der Waals surface area contributed by atoms with E-state index in [2.05, 4.69) is 42.5 Å². The Morgan fingerprint density at radius 3 is 1.24 bits per heavy atom. The molecular weight excluding hydrogens is 981 g/mol. The molecule has 0 radical (unpaired) electrons. The normalized spacial score (nSPS) is 24.6. The maximum atomic E-state index is 14.5. The number of fused-ring (bicyclic) bond motifs is 2. The monoisotopic (exact) mass is 1050 g/mol. The molecule has 8 amide bonds. The van der Waals surface area contributed by atoms with Gasteiger partial charge in [-0.2, -0.15) is 0 Å². The molecule has 4 heterocycles. The van der Waals surface area contributed by atoms with Crippen molar-refractivity contribution in [1.29, 1.82) is 0 Å². The van der Waals surface area contributed by atoms with Crippen LogP contribution in [-0.2, 0) is 51.4 Å². The molecule has 20 heteroatoms. The minimum absolute atomic E-state index is 0.121. The third-order valence-electron chi connectivity index (χ3n) is 14.7. The number of carbonyl (C=O) groups is 8. The standard InChI is InChI=1S/C54H72N10O8S2/c1-31(55-7)45(65)59-37-23-25-73-39-27-53(3,4)43(63(39)51(37)71)49(69)61-41(35-15-11-9-12-16-35)47(67)57-29-33-19-21-34(22-20-33)30-58-48(68)42(36-17-13-10-14-18-36)62-50(70)44-54(5,6)28-40-64(44)52(72)38(24-26-74-40)60-46(66)32(2)56-8/h9-22,31-32,37-44,55-56H,23-30H2,1-8H3,(H,57,67)(H,58,68)(H,59,65)(H,60,66)(H,61,69)(H,62,70)/t31-,32-,37-,38-,39-,40-,41-,42-,43+,44?/m0/s1. The van der Waals surface area contributed by atoms with E-state index in [0.29, 0.717) is 48.3 Å². The summed E-state index contributed by atoms with van der Waals surface area (Å²) in [7, 11) is 3.34. The number of nitrogens with one attached hydrogen (secondary N) is 8. The smallest absolute Gasteiger partial charge is 0.247 e. The summed E-state index contributed by atoms with van der Waals surface area (Å²) >= 11 is 3.19. The van der Waals surface area contributed by atoms with Crippen molar-refractivity contribution in [3.8, 4) is 0 Å². The van der Waals surface area contributed by atoms with Crippen molar-refractivity contribution < 1.29 is 38.4 Å². The third-order valence-corrected chi connectivity index (χ3v) is 17.2. The molecule has 1 unspecified atom stereocenters. The molecule has 0 bridgehead atoms. The van der Waals surface area contributed by atoms with E-state index < -0.39 is 82.8 Å². The fourth-order valence-electron chi connectivity index (χ4n) is 10.3. The number of carbonyl (C=O) groups excluding carboxylic acids is 8. The summed E-state index contributed by atoms with van der Waals surface area (Å²) in [5, 5.41) is 22.9. The number of amides is 8. The van der Waals surface area contributed by atoms with Gasteiger partial charge in [0, 0.05) is 13.1 Å². The highest BCUT2D eigenvalue weighted by atomic mass is 32.2. The fourth-order valence-corrected chi connectivity index (χ4v) is 13.4. The first-order chi connectivity index (χ1) is 35.2. The number of thioether (sulfide) groups is 2. The zero-order valence-electron chi connectivity index (χ0n) is 43.5. The van der Waals surface area contributed by atoms with Gasteiger partial charge < -0.3 is 52.3 Å². The number of hydrogen-bond donors (Lipinski definition) is 8. The summed E-state index contributed by atoms with van der Waals surface area (Å²) in [6.45, 7) is 11.4. The second kappa shape index (κ2) is 24.1. The van der Waals surface area contributed by atoms with Gasteiger partial charge in [0.2, 0.25) is 47.3 Å². The summed E-state index contributed by atoms with van der Waals surface area (Å²) in [6.07, 6.45) is 1.98. The average Bonchev–Trinajstić information content (AvgIpc) is 3.71. The molecule has 4 aliphatic heterocycles. The van der Waals surface area contributed by atoms with Crippen molar-refractivity contribution in [3.05, 3.63) is 107 Å². The zero-order valence-corrected chi connectivity index (χ0v) is 45.1. The van der Waals surface area contributed by atoms with Gasteiger partial charge in [0.25, 0.3) is 0 Å². The van der Waals surface area contributed by atoms with Gasteiger partial charge in [-0.3, -0.25) is 38.4 Å². The van der Waals surface area contributed by atoms with E-state index in [9.17, 15) is 38.4 Å². The molecule has 8 N–H and O–H groups in total. The predicted octanol–water partition coefficient (Wildman–Crippen LogP) is 3.00. The summed E-state index contributed by atoms with van der Waals surface area (Å²) in [4.78, 5) is 115. The van der Waals surface area contributed by atoms with Crippen LogP contribution in [0.2, 0.25) is 0 Å². The molecule has 4 fully saturated rings. The molecule has 0 saturated carbocycles. The SMILES string of the molecule is CN[C@@H](C)C(=O)N[C@H]1CCS[C@H]2CC(C)(C)C(C(=O)N[C@H](C(=O)NCc3ccc(CNC(=O)[C@@H](NC(=O)[C@H]4N5C(=O)[C@@H](NC(=O)[C@H](C)NC)CCS[C@H]5CC4(C)C)c4ccccc4)cc3)c3ccccc3)N2C1=O. The van der Waals surface area contributed by atoms with Crippen molar-refractivity contribution >= 4 is 70.8 Å². The molecule has 4 aliphatic rings. The molecule has 0 aromatic heterocycles. The van der Waals surface area contributed by atoms with Crippen molar-refractivity contribution in [1.82, 2.24) is 52.3 Å². The average molecular weight is 1050 g/mol. The van der Waals surface area contributed by atoms with Crippen LogP contribution < -0.4 is 42.5 Å². The van der Waals surface area contributed by atoms with E-state index >= 15 is 0 Å². The molecule has 74 heavy (non-hydrogen) atoms. The molecule has 3 aromatic carbocycles. The molecule has 10 atom stereocenters. The van der Waals surface area contributed by atoms with E-state index in [-0.39, 0.29) is 47.5 Å². The largest absolute Gasteiger partial charge is 0.350 e. The Bertz CT molecular complexity index is 2360. The van der Waals surface area contributed by atoms with Crippen molar-refractivity contribution in [2.45, 2.75) is 139 Å². The molecule has 398 valence electrons. The van der Waals surface area contributed by atoms with Crippen LogP contribution in [0.3, 0.4) is 0 Å². The lowest BCUT2D eigenvalue weighted by Crippen LogP contribution is -2.58. The highest BCUT2D eigenvalue weighted by molar-refractivity contribution is 8.00. The van der Waals surface area contributed by atoms with Crippen LogP contribution in [0.1, 0.15) is 102 Å². The number of hydrogen-bond acceptors (Lipinski definition) is 12. The first-order valence-corrected chi connectivity index (χ1v) is 27.5. The Morgan fingerprint density at radius 1 is 0.554 bits per heavy atom. The van der Waals surface area contributed by atoms with Crippen LogP contribution >= 0.6 is 23.5 Å². The maximum Gasteiger partial charge on any atom is 0.247 e. The lowest BCUT2D eigenvalue weighted by atomic mass is 9.83. The quantitative estimate of drug-likeness (QED) is 0.0919. The van der Waals surface area contributed by atoms with Gasteiger partial charge >= 0.3 is 0 Å². The Morgan fingerprint density at radius 2 is 0.905 bits per heavy atom. The van der Waals surface area contributed by atoms with Crippen molar-refractivity contribution in [2.75, 3.05) is 25.6 Å². The number of rotatable bonds is 18. The van der Waals surface area contributed by atoms with Gasteiger partial charge in [0.05, 0.1) is 22.8 Å². The molecule has 18 nitrogen and oxygen atoms in total. The van der Waals surface area contributed by atoms with Crippen LogP contribution in [0, 0.1) is 10.8 Å². The predicted molar refractivity (Wildman–Crippen MR) is 285 cm³/mol. The van der Waals surface area contributed by atoms with Gasteiger partial charge in [-0.25, -0.2) is 0 Å². The highest BCUT2D eigenvalue weighted by Crippen LogP contribution is 2.48. The van der Waals surface area contributed by atoms with E-state index in [1.165, 1.54) is 0 Å². The lowest BCUT2D eigenvalue weighted by molar-refractivity contribution is -0.144. The number of benzene rings is 3. The summed E-state index contributed by atoms with van der Waals surface area (Å²) in [5.74, 6) is -1.84. The second-order valence-corrected chi connectivity index (χ2v) is 23.6. The minimum Gasteiger partial charge on any atom is -0.350 e. The molecule has 3 aromatic rings. The maximum absolute atomic E-state index is 14.5. The second-order valence-electron chi connectivity index (χ2n) is 21.0. The zero-order chi connectivity index (χ0) is 53.5. The van der Waals surface area contributed by atoms with Gasteiger partial charge in [-0.05, 0) is 98.2 Å². The Kier molecular flexibility index (Phi) is 18.2. The number of nitrogens with zero attached hydrogens (tertiary/aromatic N) is 2. The van der Waals surface area contributed by atoms with E-state index in [0.717, 1.165) is 11.1 Å². The summed E-state index contributed by atoms with van der Waals surface area (Å²) < 4.78 is 0. The lowest BCUT2D eigenvalue weighted by Gasteiger charge is -2.35. The van der Waals surface area contributed by atoms with E-state index in [4.69, 9.17) is 0 Å². The fraction of sp³-hybridized carbons (Fsp3) is 0.519. The molecule has 0 aliphatic carbocycles. The molecule has 4 saturated heterocycles. The van der Waals surface area contributed by atoms with Gasteiger partial charge in [-0.1, -0.05) is 113 Å². The summed E-state index contributed by atoms with van der Waals surface area (Å²) in [6, 6.07) is 18.5. The number of likely N-dealkylation sites (N-methyl/N-ethyl adjacent to an activating group) is 2. The third kappa shape index (κ3) is 12.7. The minimum atomic E-state index is -1.09. The van der Waals surface area contributed by atoms with Crippen LogP contribution in [0.25, 0.3) is 0 Å². The van der Waals surface area contributed by atoms with Crippen LogP contribution in [0.15, 0.2) is 84.9 Å². The van der Waals surface area contributed by atoms with Gasteiger partial charge in [-0.15, -0.1) is 23.5 Å². The molecule has 0 spiro atoms. The molecular formula is C54H72N10O8S2. The first-order valence-electron chi connectivity index (χ1n) is 25.4. The van der Waals surface area contributed by atoms with Crippen LogP contribution in [-0.4, -0.2) is 130 Å². The Labute approximate surface area is 442 Å². The Hall–Kier alpha value is -5.96. The van der Waals surface area contributed by atoms with Crippen molar-refractivity contribution in [3.63, 3.8) is 0 Å². The molecule has 7 rings (SSSR count). The van der Waals surface area contributed by atoms with E-state index in [1.54, 1.807) is 110 Å². The van der Waals surface area contributed by atoms with E-state index in [1.807, 2.05) is 64.1 Å². The Balaban J connectivity index is 0.994. The van der Waals surface area contributed by atoms with Crippen LogP contribution in [0.5, 0.6) is 0 Å². The highest BCUT2D eigenvalue weighted by Gasteiger charge is 2.56. The van der Waals surface area contributed by atoms with Crippen molar-refractivity contribution in [2.24, 2.45) is 10.8 Å². The van der Waals surface area contributed by atoms with Crippen LogP contribution in [0.4, 0.5) is 0 Å². The summed E-state index contributed by atoms with van der Waals surface area (Å²) in [5.41, 5.74) is 1.35. The van der Waals surface area contributed by atoms with Gasteiger partial charge in [0.15, 0.2) is 0 Å². The topological polar surface area (TPSA) is 239 Å².